The molecule has 1 aliphatic heterocycles. The average molecular weight is 459 g/mol. The molecule has 1 aromatic heterocycles. The van der Waals surface area contributed by atoms with E-state index in [0.717, 1.165) is 29.9 Å². The molecule has 7 heteroatoms. The van der Waals surface area contributed by atoms with Gasteiger partial charge in [0, 0.05) is 48.2 Å². The second-order valence-corrected chi connectivity index (χ2v) is 8.64. The Morgan fingerprint density at radius 1 is 0.941 bits per heavy atom. The number of aromatic nitrogens is 1. The maximum absolute atomic E-state index is 12.8. The Balaban J connectivity index is 1.35. The Labute approximate surface area is 200 Å². The molecule has 34 heavy (non-hydrogen) atoms. The molecule has 0 aliphatic carbocycles. The zero-order valence-electron chi connectivity index (χ0n) is 19.8. The van der Waals surface area contributed by atoms with Crippen molar-refractivity contribution < 1.29 is 14.3 Å². The van der Waals surface area contributed by atoms with E-state index in [9.17, 15) is 9.59 Å². The number of rotatable bonds is 6. The lowest BCUT2D eigenvalue weighted by atomic mass is 9.95. The third-order valence-corrected chi connectivity index (χ3v) is 6.30. The van der Waals surface area contributed by atoms with Gasteiger partial charge in [-0.05, 0) is 74.2 Å². The van der Waals surface area contributed by atoms with E-state index < -0.39 is 0 Å². The predicted octanol–water partition coefficient (Wildman–Crippen LogP) is 4.81. The molecule has 3 aromatic rings. The van der Waals surface area contributed by atoms with E-state index in [1.165, 1.54) is 5.56 Å². The second kappa shape index (κ2) is 10.4. The van der Waals surface area contributed by atoms with Gasteiger partial charge in [-0.3, -0.25) is 9.59 Å². The van der Waals surface area contributed by atoms with E-state index in [1.54, 1.807) is 31.5 Å². The number of pyridine rings is 1. The number of aryl methyl sites for hydroxylation is 2. The highest BCUT2D eigenvalue weighted by Crippen LogP contribution is 2.25. The summed E-state index contributed by atoms with van der Waals surface area (Å²) in [5, 5.41) is 5.95. The van der Waals surface area contributed by atoms with Crippen LogP contribution >= 0.6 is 0 Å². The number of benzene rings is 2. The van der Waals surface area contributed by atoms with Gasteiger partial charge in [-0.2, -0.15) is 0 Å². The van der Waals surface area contributed by atoms with Crippen molar-refractivity contribution in [2.75, 3.05) is 35.7 Å². The highest BCUT2D eigenvalue weighted by Gasteiger charge is 2.26. The molecule has 176 valence electrons. The first-order valence-corrected chi connectivity index (χ1v) is 11.5. The van der Waals surface area contributed by atoms with Crippen LogP contribution in [-0.4, -0.2) is 37.0 Å². The van der Waals surface area contributed by atoms with Gasteiger partial charge in [0.05, 0.1) is 7.11 Å². The van der Waals surface area contributed by atoms with E-state index in [0.29, 0.717) is 30.1 Å². The lowest BCUT2D eigenvalue weighted by molar-refractivity contribution is -0.120. The van der Waals surface area contributed by atoms with Gasteiger partial charge in [0.1, 0.15) is 11.6 Å². The number of ether oxygens (including phenoxy) is 1. The molecule has 0 unspecified atom stereocenters. The minimum absolute atomic E-state index is 0.0441. The summed E-state index contributed by atoms with van der Waals surface area (Å²) in [4.78, 5) is 32.1. The Bertz CT molecular complexity index is 1190. The predicted molar refractivity (Wildman–Crippen MR) is 135 cm³/mol. The van der Waals surface area contributed by atoms with Crippen molar-refractivity contribution in [1.82, 2.24) is 4.98 Å². The number of nitrogens with one attached hydrogen (secondary N) is 2. The van der Waals surface area contributed by atoms with Gasteiger partial charge < -0.3 is 20.3 Å². The molecule has 2 heterocycles. The summed E-state index contributed by atoms with van der Waals surface area (Å²) in [5.74, 6) is 1.23. The smallest absolute Gasteiger partial charge is 0.255 e. The van der Waals surface area contributed by atoms with Crippen LogP contribution in [0.15, 0.2) is 60.8 Å². The first kappa shape index (κ1) is 23.3. The van der Waals surface area contributed by atoms with Crippen molar-refractivity contribution >= 4 is 29.0 Å². The fourth-order valence-corrected chi connectivity index (χ4v) is 4.07. The molecule has 1 fully saturated rings. The van der Waals surface area contributed by atoms with Crippen molar-refractivity contribution in [2.24, 2.45) is 5.92 Å². The summed E-state index contributed by atoms with van der Waals surface area (Å²) in [6.07, 6.45) is 3.12. The third kappa shape index (κ3) is 5.54. The molecule has 2 aromatic carbocycles. The second-order valence-electron chi connectivity index (χ2n) is 8.64. The van der Waals surface area contributed by atoms with Gasteiger partial charge in [-0.25, -0.2) is 4.98 Å². The van der Waals surface area contributed by atoms with E-state index in [1.807, 2.05) is 43.3 Å². The maximum Gasteiger partial charge on any atom is 0.255 e. The lowest BCUT2D eigenvalue weighted by Gasteiger charge is -2.32. The highest BCUT2D eigenvalue weighted by atomic mass is 16.5. The first-order valence-electron chi connectivity index (χ1n) is 11.5. The number of hydrogen-bond acceptors (Lipinski definition) is 5. The van der Waals surface area contributed by atoms with Crippen molar-refractivity contribution in [3.8, 4) is 5.75 Å². The first-order chi connectivity index (χ1) is 16.4. The number of anilines is 3. The molecule has 2 N–H and O–H groups in total. The fourth-order valence-electron chi connectivity index (χ4n) is 4.07. The van der Waals surface area contributed by atoms with Crippen molar-refractivity contribution in [1.29, 1.82) is 0 Å². The SMILES string of the molecule is COc1cccc(NC(=O)c2ccnc(N3CCC(C(=O)Nc4ccc(C)c(C)c4)CC3)c2)c1. The number of carbonyl (C=O) groups is 2. The molecule has 0 saturated carbocycles. The quantitative estimate of drug-likeness (QED) is 0.554. The molecule has 0 bridgehead atoms. The zero-order chi connectivity index (χ0) is 24.1. The molecule has 0 radical (unpaired) electrons. The van der Waals surface area contributed by atoms with Crippen LogP contribution in [-0.2, 0) is 4.79 Å². The van der Waals surface area contributed by atoms with E-state index in [-0.39, 0.29) is 17.7 Å². The van der Waals surface area contributed by atoms with Crippen LogP contribution < -0.4 is 20.3 Å². The van der Waals surface area contributed by atoms with Crippen LogP contribution in [0.2, 0.25) is 0 Å². The summed E-state index contributed by atoms with van der Waals surface area (Å²) < 4.78 is 5.21. The molecule has 7 nitrogen and oxygen atoms in total. The van der Waals surface area contributed by atoms with Gasteiger partial charge >= 0.3 is 0 Å². The normalized spacial score (nSPS) is 13.9. The molecule has 1 aliphatic rings. The monoisotopic (exact) mass is 458 g/mol. The zero-order valence-corrected chi connectivity index (χ0v) is 19.8. The Kier molecular flexibility index (Phi) is 7.11. The molecular weight excluding hydrogens is 428 g/mol. The van der Waals surface area contributed by atoms with Gasteiger partial charge in [0.15, 0.2) is 0 Å². The summed E-state index contributed by atoms with van der Waals surface area (Å²) in [6.45, 7) is 5.52. The molecular formula is C27H30N4O3. The summed E-state index contributed by atoms with van der Waals surface area (Å²) >= 11 is 0. The standard InChI is InChI=1S/C27H30N4O3/c1-18-7-8-23(15-19(18)2)30-26(32)20-10-13-31(14-11-20)25-16-21(9-12-28-25)27(33)29-22-5-4-6-24(17-22)34-3/h4-9,12,15-17,20H,10-11,13-14H2,1-3H3,(H,29,33)(H,30,32). The number of hydrogen-bond donors (Lipinski definition) is 2. The summed E-state index contributed by atoms with van der Waals surface area (Å²) in [6, 6.07) is 16.7. The minimum atomic E-state index is -0.209. The van der Waals surface area contributed by atoms with Crippen LogP contribution in [0.25, 0.3) is 0 Å². The fraction of sp³-hybridized carbons (Fsp3) is 0.296. The molecule has 0 atom stereocenters. The largest absolute Gasteiger partial charge is 0.497 e. The van der Waals surface area contributed by atoms with Crippen molar-refractivity contribution in [3.63, 3.8) is 0 Å². The van der Waals surface area contributed by atoms with Gasteiger partial charge in [-0.1, -0.05) is 12.1 Å². The molecule has 1 saturated heterocycles. The Morgan fingerprint density at radius 2 is 1.71 bits per heavy atom. The van der Waals surface area contributed by atoms with Crippen molar-refractivity contribution in [3.05, 3.63) is 77.5 Å². The van der Waals surface area contributed by atoms with Crippen LogP contribution in [0.4, 0.5) is 17.2 Å². The minimum Gasteiger partial charge on any atom is -0.497 e. The Hall–Kier alpha value is -3.87. The lowest BCUT2D eigenvalue weighted by Crippen LogP contribution is -2.38. The number of methoxy groups -OCH3 is 1. The molecule has 0 spiro atoms. The highest BCUT2D eigenvalue weighted by molar-refractivity contribution is 6.04. The van der Waals surface area contributed by atoms with Crippen LogP contribution in [0.5, 0.6) is 5.75 Å². The Morgan fingerprint density at radius 3 is 2.44 bits per heavy atom. The van der Waals surface area contributed by atoms with E-state index in [2.05, 4.69) is 27.4 Å². The van der Waals surface area contributed by atoms with Gasteiger partial charge in [0.2, 0.25) is 5.91 Å². The number of amides is 2. The van der Waals surface area contributed by atoms with E-state index in [4.69, 9.17) is 4.74 Å². The third-order valence-electron chi connectivity index (χ3n) is 6.30. The topological polar surface area (TPSA) is 83.6 Å². The average Bonchev–Trinajstić information content (AvgIpc) is 2.86. The van der Waals surface area contributed by atoms with Gasteiger partial charge in [-0.15, -0.1) is 0 Å². The van der Waals surface area contributed by atoms with Crippen molar-refractivity contribution in [2.45, 2.75) is 26.7 Å². The van der Waals surface area contributed by atoms with Crippen LogP contribution in [0.1, 0.15) is 34.3 Å². The summed E-state index contributed by atoms with van der Waals surface area (Å²) in [5.41, 5.74) is 4.40. The number of piperidine rings is 1. The number of nitrogens with zero attached hydrogens (tertiary/aromatic N) is 2. The molecule has 4 rings (SSSR count). The van der Waals surface area contributed by atoms with Crippen LogP contribution in [0.3, 0.4) is 0 Å². The maximum atomic E-state index is 12.8. The van der Waals surface area contributed by atoms with Crippen LogP contribution in [0, 0.1) is 19.8 Å². The molecule has 2 amide bonds. The van der Waals surface area contributed by atoms with E-state index >= 15 is 0 Å². The number of carbonyl (C=O) groups excluding carboxylic acids is 2. The van der Waals surface area contributed by atoms with Gasteiger partial charge in [0.25, 0.3) is 5.91 Å². The summed E-state index contributed by atoms with van der Waals surface area (Å²) in [7, 11) is 1.59.